The van der Waals surface area contributed by atoms with Gasteiger partial charge >= 0.3 is 5.97 Å². The average Bonchev–Trinajstić information content (AvgIpc) is 2.69. The molecule has 2 aromatic rings. The predicted molar refractivity (Wildman–Crippen MR) is 78.1 cm³/mol. The Morgan fingerprint density at radius 3 is 2.60 bits per heavy atom. The van der Waals surface area contributed by atoms with Crippen LogP contribution < -0.4 is 5.32 Å². The minimum absolute atomic E-state index is 0.0244. The maximum atomic E-state index is 13.2. The van der Waals surface area contributed by atoms with E-state index in [0.29, 0.717) is 4.47 Å². The zero-order valence-electron chi connectivity index (χ0n) is 10.2. The summed E-state index contributed by atoms with van der Waals surface area (Å²) >= 11 is 4.25. The van der Waals surface area contributed by atoms with E-state index in [9.17, 15) is 14.0 Å². The molecule has 0 bridgehead atoms. The lowest BCUT2D eigenvalue weighted by Crippen LogP contribution is -2.13. The normalized spacial score (nSPS) is 10.3. The SMILES string of the molecule is Cc1cc(C(=O)O)c(NC(=O)c2cc(F)cc(Br)c2)s1. The van der Waals surface area contributed by atoms with Crippen LogP contribution in [-0.2, 0) is 0 Å². The number of hydrogen-bond acceptors (Lipinski definition) is 3. The van der Waals surface area contributed by atoms with Gasteiger partial charge in [-0.05, 0) is 31.2 Å². The lowest BCUT2D eigenvalue weighted by molar-refractivity contribution is 0.0698. The van der Waals surface area contributed by atoms with Crippen molar-refractivity contribution in [3.8, 4) is 0 Å². The highest BCUT2D eigenvalue weighted by Crippen LogP contribution is 2.28. The van der Waals surface area contributed by atoms with E-state index in [4.69, 9.17) is 5.11 Å². The van der Waals surface area contributed by atoms with Gasteiger partial charge in [-0.2, -0.15) is 0 Å². The highest BCUT2D eigenvalue weighted by Gasteiger charge is 2.17. The van der Waals surface area contributed by atoms with E-state index in [1.54, 1.807) is 6.92 Å². The minimum atomic E-state index is -1.12. The second-order valence-corrected chi connectivity index (χ2v) is 6.19. The molecule has 104 valence electrons. The van der Waals surface area contributed by atoms with Crippen LogP contribution in [0, 0.1) is 12.7 Å². The van der Waals surface area contributed by atoms with Crippen molar-refractivity contribution in [2.45, 2.75) is 6.92 Å². The van der Waals surface area contributed by atoms with Crippen LogP contribution in [0.15, 0.2) is 28.7 Å². The molecule has 2 N–H and O–H groups in total. The Hall–Kier alpha value is -1.73. The third-order valence-electron chi connectivity index (χ3n) is 2.44. The van der Waals surface area contributed by atoms with Crippen molar-refractivity contribution in [1.82, 2.24) is 0 Å². The number of thiophene rings is 1. The molecule has 0 aliphatic carbocycles. The smallest absolute Gasteiger partial charge is 0.338 e. The van der Waals surface area contributed by atoms with E-state index >= 15 is 0 Å². The van der Waals surface area contributed by atoms with Gasteiger partial charge in [0.2, 0.25) is 0 Å². The molecule has 0 unspecified atom stereocenters. The first-order valence-corrected chi connectivity index (χ1v) is 7.09. The summed E-state index contributed by atoms with van der Waals surface area (Å²) in [7, 11) is 0. The Bertz CT molecular complexity index is 679. The quantitative estimate of drug-likeness (QED) is 0.874. The molecule has 0 radical (unpaired) electrons. The number of carboxylic acid groups (broad SMARTS) is 1. The highest BCUT2D eigenvalue weighted by molar-refractivity contribution is 9.10. The molecule has 0 saturated carbocycles. The number of benzene rings is 1. The Kier molecular flexibility index (Phi) is 4.20. The Balaban J connectivity index is 2.30. The Morgan fingerprint density at radius 2 is 2.00 bits per heavy atom. The number of carbonyl (C=O) groups excluding carboxylic acids is 1. The molecule has 1 amide bonds. The molecule has 20 heavy (non-hydrogen) atoms. The summed E-state index contributed by atoms with van der Waals surface area (Å²) in [6, 6.07) is 5.25. The van der Waals surface area contributed by atoms with Crippen LogP contribution in [0.3, 0.4) is 0 Å². The summed E-state index contributed by atoms with van der Waals surface area (Å²) in [5, 5.41) is 11.8. The summed E-state index contributed by atoms with van der Waals surface area (Å²) < 4.78 is 13.7. The van der Waals surface area contributed by atoms with E-state index in [1.807, 2.05) is 0 Å². The molecular formula is C13H9BrFNO3S. The largest absolute Gasteiger partial charge is 0.478 e. The molecule has 1 aromatic carbocycles. The molecule has 4 nitrogen and oxygen atoms in total. The Labute approximate surface area is 126 Å². The molecular weight excluding hydrogens is 349 g/mol. The molecule has 0 aliphatic rings. The highest BCUT2D eigenvalue weighted by atomic mass is 79.9. The van der Waals surface area contributed by atoms with Crippen molar-refractivity contribution in [1.29, 1.82) is 0 Å². The fourth-order valence-corrected chi connectivity index (χ4v) is 2.99. The third-order valence-corrected chi connectivity index (χ3v) is 3.86. The van der Waals surface area contributed by atoms with Crippen molar-refractivity contribution in [2.75, 3.05) is 5.32 Å². The van der Waals surface area contributed by atoms with Gasteiger partial charge in [0.05, 0.1) is 5.56 Å². The topological polar surface area (TPSA) is 66.4 Å². The lowest BCUT2D eigenvalue weighted by atomic mass is 10.2. The fourth-order valence-electron chi connectivity index (χ4n) is 1.63. The van der Waals surface area contributed by atoms with E-state index in [0.717, 1.165) is 22.3 Å². The minimum Gasteiger partial charge on any atom is -0.478 e. The van der Waals surface area contributed by atoms with E-state index in [2.05, 4.69) is 21.2 Å². The summed E-state index contributed by atoms with van der Waals surface area (Å²) in [4.78, 5) is 23.8. The third kappa shape index (κ3) is 3.23. The van der Waals surface area contributed by atoms with Crippen molar-refractivity contribution in [3.05, 3.63) is 50.6 Å². The number of hydrogen-bond donors (Lipinski definition) is 2. The van der Waals surface area contributed by atoms with Gasteiger partial charge in [0.1, 0.15) is 10.8 Å². The van der Waals surface area contributed by atoms with E-state index in [-0.39, 0.29) is 16.1 Å². The second kappa shape index (κ2) is 5.72. The van der Waals surface area contributed by atoms with Gasteiger partial charge in [0.15, 0.2) is 0 Å². The number of aromatic carboxylic acids is 1. The average molecular weight is 358 g/mol. The lowest BCUT2D eigenvalue weighted by Gasteiger charge is -2.05. The molecule has 2 rings (SSSR count). The number of carboxylic acids is 1. The summed E-state index contributed by atoms with van der Waals surface area (Å²) in [6.45, 7) is 1.74. The van der Waals surface area contributed by atoms with Crippen molar-refractivity contribution < 1.29 is 19.1 Å². The first-order valence-electron chi connectivity index (χ1n) is 5.48. The number of rotatable bonds is 3. The van der Waals surface area contributed by atoms with Crippen molar-refractivity contribution in [3.63, 3.8) is 0 Å². The van der Waals surface area contributed by atoms with Crippen LogP contribution in [0.1, 0.15) is 25.6 Å². The van der Waals surface area contributed by atoms with Gasteiger partial charge in [0, 0.05) is 14.9 Å². The van der Waals surface area contributed by atoms with Gasteiger partial charge in [0.25, 0.3) is 5.91 Å². The van der Waals surface area contributed by atoms with Crippen LogP contribution in [0.4, 0.5) is 9.39 Å². The number of carbonyl (C=O) groups is 2. The molecule has 7 heteroatoms. The molecule has 1 heterocycles. The number of halogens is 2. The fraction of sp³-hybridized carbons (Fsp3) is 0.0769. The van der Waals surface area contributed by atoms with Crippen LogP contribution in [0.25, 0.3) is 0 Å². The molecule has 0 atom stereocenters. The zero-order valence-corrected chi connectivity index (χ0v) is 12.6. The van der Waals surface area contributed by atoms with Gasteiger partial charge in [-0.3, -0.25) is 4.79 Å². The molecule has 0 fully saturated rings. The van der Waals surface area contributed by atoms with Crippen molar-refractivity contribution >= 4 is 44.1 Å². The van der Waals surface area contributed by atoms with Gasteiger partial charge in [-0.15, -0.1) is 11.3 Å². The summed E-state index contributed by atoms with van der Waals surface area (Å²) in [6.07, 6.45) is 0. The van der Waals surface area contributed by atoms with Gasteiger partial charge in [-0.1, -0.05) is 15.9 Å². The van der Waals surface area contributed by atoms with Crippen LogP contribution in [0.2, 0.25) is 0 Å². The van der Waals surface area contributed by atoms with Gasteiger partial charge < -0.3 is 10.4 Å². The van der Waals surface area contributed by atoms with Crippen LogP contribution >= 0.6 is 27.3 Å². The predicted octanol–water partition coefficient (Wildman–Crippen LogP) is 3.91. The van der Waals surface area contributed by atoms with E-state index in [1.165, 1.54) is 18.2 Å². The zero-order chi connectivity index (χ0) is 14.9. The van der Waals surface area contributed by atoms with Crippen LogP contribution in [0.5, 0.6) is 0 Å². The maximum Gasteiger partial charge on any atom is 0.338 e. The number of amides is 1. The number of aryl methyl sites for hydroxylation is 1. The summed E-state index contributed by atoms with van der Waals surface area (Å²) in [5.41, 5.74) is 0.135. The molecule has 0 aliphatic heterocycles. The van der Waals surface area contributed by atoms with Crippen molar-refractivity contribution in [2.24, 2.45) is 0 Å². The maximum absolute atomic E-state index is 13.2. The standard InChI is InChI=1S/C13H9BrFNO3S/c1-6-2-10(13(18)19)12(20-6)16-11(17)7-3-8(14)5-9(15)4-7/h2-5H,1H3,(H,16,17)(H,18,19). The van der Waals surface area contributed by atoms with Crippen LogP contribution in [-0.4, -0.2) is 17.0 Å². The first-order chi connectivity index (χ1) is 9.36. The summed E-state index contributed by atoms with van der Waals surface area (Å²) in [5.74, 6) is -2.23. The number of anilines is 1. The monoisotopic (exact) mass is 357 g/mol. The molecule has 0 spiro atoms. The first kappa shape index (κ1) is 14.7. The molecule has 1 aromatic heterocycles. The number of nitrogens with one attached hydrogen (secondary N) is 1. The second-order valence-electron chi connectivity index (χ2n) is 4.02. The molecule has 0 saturated heterocycles. The van der Waals surface area contributed by atoms with E-state index < -0.39 is 17.7 Å². The van der Waals surface area contributed by atoms with Gasteiger partial charge in [-0.25, -0.2) is 9.18 Å². The Morgan fingerprint density at radius 1 is 1.30 bits per heavy atom.